The summed E-state index contributed by atoms with van der Waals surface area (Å²) < 4.78 is 31.7. The van der Waals surface area contributed by atoms with Gasteiger partial charge < -0.3 is 135 Å². The molecule has 45 nitrogen and oxygen atoms in total. The van der Waals surface area contributed by atoms with E-state index in [-0.39, 0.29) is 94.1 Å². The molecule has 12 amide bonds. The quantitative estimate of drug-likeness (QED) is 0.0164. The van der Waals surface area contributed by atoms with E-state index in [1.807, 2.05) is 0 Å². The van der Waals surface area contributed by atoms with Gasteiger partial charge in [0.1, 0.15) is 78.8 Å². The Hall–Kier alpha value is -12.4. The minimum absolute atomic E-state index is 0.0302. The van der Waals surface area contributed by atoms with Gasteiger partial charge >= 0.3 is 36.0 Å². The summed E-state index contributed by atoms with van der Waals surface area (Å²) in [4.78, 5) is 234. The summed E-state index contributed by atoms with van der Waals surface area (Å²) in [5.74, 6) is -23.3. The molecule has 32 N–H and O–H groups in total. The number of amides is 12. The van der Waals surface area contributed by atoms with Crippen LogP contribution in [0.15, 0.2) is 39.2 Å². The van der Waals surface area contributed by atoms with Crippen LogP contribution in [0.5, 0.6) is 5.75 Å². The molecule has 0 aliphatic rings. The Morgan fingerprint density at radius 2 is 0.754 bits per heavy atom. The minimum atomic E-state index is -5.08. The number of nitrogens with two attached hydrogens (primary N) is 7. The van der Waals surface area contributed by atoms with Gasteiger partial charge in [-0.15, -0.1) is 0 Å². The van der Waals surface area contributed by atoms with Crippen LogP contribution in [0.25, 0.3) is 0 Å². The number of benzene rings is 1. The second kappa shape index (κ2) is 51.9. The van der Waals surface area contributed by atoms with Crippen LogP contribution in [-0.2, 0) is 87.9 Å². The highest BCUT2D eigenvalue weighted by atomic mass is 19.4. The molecule has 0 saturated carbocycles. The van der Waals surface area contributed by atoms with Crippen LogP contribution < -0.4 is 104 Å². The third-order valence-electron chi connectivity index (χ3n) is 16.1. The molecule has 0 spiro atoms. The number of hydrogen-bond donors (Lipinski definition) is 25. The highest BCUT2D eigenvalue weighted by Gasteiger charge is 2.40. The third-order valence-corrected chi connectivity index (χ3v) is 16.1. The molecule has 0 fully saturated rings. The molecule has 0 radical (unpaired) electrons. The normalized spacial score (nSPS) is 14.3. The number of aromatic hydroxyl groups is 1. The molecule has 1 rings (SSSR count). The smallest absolute Gasteiger partial charge is 0.490 e. The van der Waals surface area contributed by atoms with Gasteiger partial charge in [0.05, 0.1) is 12.5 Å². The zero-order valence-corrected chi connectivity index (χ0v) is 63.8. The maximum absolute atomic E-state index is 14.4. The average molecular weight is 1630 g/mol. The van der Waals surface area contributed by atoms with Crippen molar-refractivity contribution in [3.8, 4) is 5.75 Å². The zero-order chi connectivity index (χ0) is 87.4. The maximum Gasteiger partial charge on any atom is 0.490 e. The summed E-state index contributed by atoms with van der Waals surface area (Å²) >= 11 is 0. The molecule has 48 heteroatoms. The van der Waals surface area contributed by atoms with Gasteiger partial charge in [0.15, 0.2) is 17.9 Å². The average Bonchev–Trinajstić information content (AvgIpc) is 0.852. The van der Waals surface area contributed by atoms with E-state index in [9.17, 15) is 110 Å². The van der Waals surface area contributed by atoms with Crippen LogP contribution in [0.4, 0.5) is 13.2 Å². The van der Waals surface area contributed by atoms with Gasteiger partial charge in [-0.3, -0.25) is 91.7 Å². The Balaban J connectivity index is 0.0000173. The van der Waals surface area contributed by atoms with Gasteiger partial charge in [0.2, 0.25) is 70.9 Å². The Morgan fingerprint density at radius 3 is 1.15 bits per heavy atom. The SMILES string of the molecule is CC[C@H](C)[C@H](NC(=O)[C@H](CC(C)C)NC(=O)[C@H](CCCN=C(N)N)NC(=O)[C@@H](N)CCCN=C(N)N)C(=O)N[C@@H](CCC(=O)O)C(=O)N[C@@H](CC(=O)O)C(=O)N[C@@H](C)C(=O)N[C@@H](CCC(=O)O)C(=O)N[C@@H](Cc1ccc(O)cc1)C(=O)N[C@@H](C)C(=O)N[C@@H](C)C(=O)N[C@@H](CCCN=C(N)N)C(=O)NCC(=O)O.O=C(O)C(F)(F)F. The van der Waals surface area contributed by atoms with Crippen molar-refractivity contribution in [2.45, 2.75) is 217 Å². The molecule has 0 unspecified atom stereocenters. The third kappa shape index (κ3) is 43.2. The van der Waals surface area contributed by atoms with E-state index in [1.165, 1.54) is 38.1 Å². The number of aliphatic imine (C=N–C) groups is 3. The van der Waals surface area contributed by atoms with Crippen molar-refractivity contribution in [1.82, 2.24) is 63.8 Å². The summed E-state index contributed by atoms with van der Waals surface area (Å²) in [6.07, 6.45) is -8.94. The fourth-order valence-electron chi connectivity index (χ4n) is 9.79. The predicted octanol–water partition coefficient (Wildman–Crippen LogP) is -7.05. The van der Waals surface area contributed by atoms with Crippen molar-refractivity contribution in [3.05, 3.63) is 29.8 Å². The monoisotopic (exact) mass is 1630 g/mol. The zero-order valence-electron chi connectivity index (χ0n) is 63.8. The summed E-state index contributed by atoms with van der Waals surface area (Å²) in [7, 11) is 0. The number of carbonyl (C=O) groups excluding carboxylic acids is 12. The lowest BCUT2D eigenvalue weighted by atomic mass is 9.96. The number of phenolic OH excluding ortho intramolecular Hbond substituents is 1. The summed E-state index contributed by atoms with van der Waals surface area (Å²) in [5, 5.41) is 83.9. The van der Waals surface area contributed by atoms with Crippen molar-refractivity contribution >= 4 is 119 Å². The number of carboxylic acid groups (broad SMARTS) is 5. The lowest BCUT2D eigenvalue weighted by molar-refractivity contribution is -0.192. The molecule has 1 aromatic carbocycles. The van der Waals surface area contributed by atoms with Gasteiger partial charge in [-0.05, 0) is 108 Å². The predicted molar refractivity (Wildman–Crippen MR) is 397 cm³/mol. The van der Waals surface area contributed by atoms with Crippen molar-refractivity contribution < 1.29 is 125 Å². The largest absolute Gasteiger partial charge is 0.508 e. The van der Waals surface area contributed by atoms with Gasteiger partial charge in [-0.1, -0.05) is 46.2 Å². The van der Waals surface area contributed by atoms with Crippen LogP contribution in [-0.4, -0.2) is 254 Å². The number of nitrogens with zero attached hydrogens (tertiary/aromatic N) is 3. The molecule has 0 heterocycles. The molecule has 0 aliphatic carbocycles. The first-order chi connectivity index (χ1) is 53.0. The van der Waals surface area contributed by atoms with Crippen LogP contribution >= 0.6 is 0 Å². The first-order valence-corrected chi connectivity index (χ1v) is 35.5. The molecule has 114 heavy (non-hydrogen) atoms. The first-order valence-electron chi connectivity index (χ1n) is 35.5. The number of carbonyl (C=O) groups is 17. The van der Waals surface area contributed by atoms with E-state index in [0.29, 0.717) is 12.0 Å². The first kappa shape index (κ1) is 102. The van der Waals surface area contributed by atoms with Crippen LogP contribution in [0, 0.1) is 11.8 Å². The molecule has 0 saturated heterocycles. The second-order valence-corrected chi connectivity index (χ2v) is 26.3. The summed E-state index contributed by atoms with van der Waals surface area (Å²) in [5.41, 5.74) is 38.8. The number of rotatable bonds is 51. The van der Waals surface area contributed by atoms with Crippen LogP contribution in [0.2, 0.25) is 0 Å². The van der Waals surface area contributed by atoms with E-state index < -0.39 is 230 Å². The number of nitrogens with one attached hydrogen (secondary N) is 12. The number of phenols is 1. The Kier molecular flexibility index (Phi) is 46.3. The summed E-state index contributed by atoms with van der Waals surface area (Å²) in [6.45, 7) is 9.52. The van der Waals surface area contributed by atoms with Crippen molar-refractivity contribution in [1.29, 1.82) is 0 Å². The Bertz CT molecular complexity index is 3560. The number of hydrogen-bond acceptors (Lipinski definition) is 22. The van der Waals surface area contributed by atoms with Crippen molar-refractivity contribution in [2.24, 2.45) is 66.9 Å². The topological polar surface area (TPSA) is 775 Å². The maximum atomic E-state index is 14.4. The lowest BCUT2D eigenvalue weighted by Gasteiger charge is -2.30. The van der Waals surface area contributed by atoms with E-state index >= 15 is 0 Å². The van der Waals surface area contributed by atoms with Gasteiger partial charge in [-0.25, -0.2) is 4.79 Å². The molecular formula is C66H107F3N22O23. The molecule has 0 aliphatic heterocycles. The Labute approximate surface area is 651 Å². The van der Waals surface area contributed by atoms with Crippen LogP contribution in [0.3, 0.4) is 0 Å². The van der Waals surface area contributed by atoms with Gasteiger partial charge in [0.25, 0.3) is 0 Å². The lowest BCUT2D eigenvalue weighted by Crippen LogP contribution is -2.61. The molecule has 13 atom stereocenters. The van der Waals surface area contributed by atoms with Gasteiger partial charge in [0, 0.05) is 38.9 Å². The highest BCUT2D eigenvalue weighted by Crippen LogP contribution is 2.17. The van der Waals surface area contributed by atoms with E-state index in [2.05, 4.69) is 78.8 Å². The van der Waals surface area contributed by atoms with Crippen molar-refractivity contribution in [3.63, 3.8) is 0 Å². The van der Waals surface area contributed by atoms with E-state index in [4.69, 9.17) is 55.1 Å². The molecule has 0 bridgehead atoms. The highest BCUT2D eigenvalue weighted by molar-refractivity contribution is 6.00. The summed E-state index contributed by atoms with van der Waals surface area (Å²) in [6, 6.07) is -13.6. The fraction of sp³-hybridized carbons (Fsp3) is 0.606. The minimum Gasteiger partial charge on any atom is -0.508 e. The van der Waals surface area contributed by atoms with Gasteiger partial charge in [-0.2, -0.15) is 13.2 Å². The number of guanidine groups is 3. The Morgan fingerprint density at radius 1 is 0.412 bits per heavy atom. The number of alkyl halides is 3. The van der Waals surface area contributed by atoms with E-state index in [0.717, 1.165) is 6.92 Å². The molecule has 640 valence electrons. The standard InChI is InChI=1S/C64H106N22O21.C2HF3O2/c1-8-31(4)49(86-60(106)42(26-30(2)3)83-55(101)39(14-11-25-74-64(70)71)81-53(99)37(65)12-9-23-72-62(66)67)61(107)82-41(20-22-46(90)91)57(103)85-44(28-47(92)93)59(105)78-34(7)52(98)80-40(19-21-45(88)89)56(102)84-43(27-35-15-17-36(87)18-16-35)58(104)77-32(5)50(96)76-33(6)51(97)79-38(13-10-24-73-63(68)69)54(100)75-29-48(94)95;3-2(4,5)1(6)7/h15-18,30-34,37-44,49,87H,8-14,19-29,65H2,1-7H3,(H,75,100)(H,76,96)(H,77,104)(H,78,105)(H,79,97)(H,80,98)(H,81,99)(H,82,107)(H,83,101)(H,84,102)(H,85,103)(H,86,106)(H,88,89)(H,90,91)(H,92,93)(H,94,95)(H4,66,67,72)(H4,68,69,73)(H4,70,71,74);(H,6,7)/t31-,32-,33-,34-,37-,38-,39-,40-,41-,42-,43-,44-,49-;/m0./s1. The number of halogens is 3. The number of aliphatic carboxylic acids is 5. The molecule has 0 aromatic heterocycles. The fourth-order valence-corrected chi connectivity index (χ4v) is 9.79. The number of carboxylic acids is 5. The molecule has 1 aromatic rings. The molecular weight excluding hydrogens is 1530 g/mol. The van der Waals surface area contributed by atoms with E-state index in [1.54, 1.807) is 27.7 Å². The second-order valence-electron chi connectivity index (χ2n) is 26.3. The van der Waals surface area contributed by atoms with Crippen LogP contribution in [0.1, 0.15) is 138 Å². The van der Waals surface area contributed by atoms with Crippen molar-refractivity contribution in [2.75, 3.05) is 26.2 Å².